The van der Waals surface area contributed by atoms with Crippen LogP contribution in [0.5, 0.6) is 0 Å². The highest BCUT2D eigenvalue weighted by Crippen LogP contribution is 2.40. The maximum Gasteiger partial charge on any atom is 0.343 e. The predicted molar refractivity (Wildman–Crippen MR) is 127 cm³/mol. The van der Waals surface area contributed by atoms with E-state index in [-0.39, 0.29) is 12.0 Å². The van der Waals surface area contributed by atoms with Gasteiger partial charge in [0, 0.05) is 43.8 Å². The zero-order chi connectivity index (χ0) is 23.2. The van der Waals surface area contributed by atoms with Gasteiger partial charge < -0.3 is 14.3 Å². The van der Waals surface area contributed by atoms with Crippen molar-refractivity contribution in [2.45, 2.75) is 69.4 Å². The second-order valence-corrected chi connectivity index (χ2v) is 10.1. The first-order valence-corrected chi connectivity index (χ1v) is 12.6. The van der Waals surface area contributed by atoms with E-state index in [1.807, 2.05) is 36.5 Å². The summed E-state index contributed by atoms with van der Waals surface area (Å²) >= 11 is 0. The monoisotopic (exact) mass is 452 g/mol. The number of ether oxygens (including phenoxy) is 1. The van der Waals surface area contributed by atoms with Crippen LogP contribution in [0.15, 0.2) is 48.9 Å². The van der Waals surface area contributed by atoms with Crippen LogP contribution in [-0.2, 0) is 21.6 Å². The van der Waals surface area contributed by atoms with Crippen LogP contribution in [0.25, 0.3) is 0 Å². The standard InChI is InChI=1S/C27H38N3O3/c1-30(18-8-14-24-20-28-16-17-29-24)19-9-15-25(30)21-33-26(31)27(32,22-10-4-2-5-11-22)23-12-6-3-7-13-23/h2,4-5,10-11,16-17,20,23,25,32H,3,6-9,12-15,18-19,21H2,1H3/q+1. The molecule has 178 valence electrons. The molecule has 2 aliphatic rings. The number of nitrogens with zero attached hydrogens (tertiary/aromatic N) is 3. The number of hydrogen-bond acceptors (Lipinski definition) is 5. The molecule has 3 atom stereocenters. The summed E-state index contributed by atoms with van der Waals surface area (Å²) < 4.78 is 6.84. The summed E-state index contributed by atoms with van der Waals surface area (Å²) in [6, 6.07) is 9.67. The van der Waals surface area contributed by atoms with Gasteiger partial charge in [-0.05, 0) is 24.8 Å². The van der Waals surface area contributed by atoms with Gasteiger partial charge in [0.15, 0.2) is 5.60 Å². The van der Waals surface area contributed by atoms with E-state index in [4.69, 9.17) is 4.74 Å². The molecule has 33 heavy (non-hydrogen) atoms. The zero-order valence-corrected chi connectivity index (χ0v) is 19.9. The molecule has 0 bridgehead atoms. The van der Waals surface area contributed by atoms with E-state index in [0.29, 0.717) is 12.2 Å². The fraction of sp³-hybridized carbons (Fsp3) is 0.593. The first-order chi connectivity index (χ1) is 16.0. The van der Waals surface area contributed by atoms with Crippen LogP contribution in [-0.4, -0.2) is 58.3 Å². The summed E-state index contributed by atoms with van der Waals surface area (Å²) in [4.78, 5) is 22.0. The molecule has 6 nitrogen and oxygen atoms in total. The maximum absolute atomic E-state index is 13.4. The minimum absolute atomic E-state index is 0.0856. The molecule has 3 unspecified atom stereocenters. The van der Waals surface area contributed by atoms with Crippen LogP contribution < -0.4 is 0 Å². The molecular weight excluding hydrogens is 414 g/mol. The Balaban J connectivity index is 1.39. The molecular formula is C27H38N3O3+. The van der Waals surface area contributed by atoms with E-state index in [1.54, 1.807) is 12.4 Å². The van der Waals surface area contributed by atoms with Crippen LogP contribution in [0.1, 0.15) is 62.6 Å². The molecule has 1 saturated heterocycles. The zero-order valence-electron chi connectivity index (χ0n) is 19.9. The number of likely N-dealkylation sites (tertiary alicyclic amines) is 1. The highest BCUT2D eigenvalue weighted by Gasteiger charge is 2.48. The van der Waals surface area contributed by atoms with Crippen molar-refractivity contribution in [1.82, 2.24) is 9.97 Å². The van der Waals surface area contributed by atoms with Crippen molar-refractivity contribution in [3.8, 4) is 0 Å². The molecule has 1 aliphatic carbocycles. The van der Waals surface area contributed by atoms with Gasteiger partial charge in [-0.2, -0.15) is 0 Å². The number of benzene rings is 1. The molecule has 0 amide bonds. The molecule has 1 aliphatic heterocycles. The summed E-state index contributed by atoms with van der Waals surface area (Å²) in [5.41, 5.74) is 0.122. The highest BCUT2D eigenvalue weighted by molar-refractivity contribution is 5.81. The average Bonchev–Trinajstić information content (AvgIpc) is 3.23. The largest absolute Gasteiger partial charge is 0.457 e. The lowest BCUT2D eigenvalue weighted by Gasteiger charge is -2.39. The Morgan fingerprint density at radius 2 is 1.91 bits per heavy atom. The average molecular weight is 453 g/mol. The Kier molecular flexibility index (Phi) is 7.76. The van der Waals surface area contributed by atoms with E-state index < -0.39 is 11.6 Å². The minimum Gasteiger partial charge on any atom is -0.457 e. The molecule has 1 aromatic carbocycles. The van der Waals surface area contributed by atoms with Crippen LogP contribution in [0.2, 0.25) is 0 Å². The Bertz CT molecular complexity index is 888. The van der Waals surface area contributed by atoms with Crippen molar-refractivity contribution >= 4 is 5.97 Å². The number of quaternary nitrogens is 1. The lowest BCUT2D eigenvalue weighted by Crippen LogP contribution is -2.52. The third-order valence-corrected chi connectivity index (χ3v) is 7.93. The van der Waals surface area contributed by atoms with Crippen molar-refractivity contribution in [2.75, 3.05) is 26.7 Å². The van der Waals surface area contributed by atoms with E-state index >= 15 is 0 Å². The summed E-state index contributed by atoms with van der Waals surface area (Å²) in [7, 11) is 2.27. The Hall–Kier alpha value is -2.31. The van der Waals surface area contributed by atoms with E-state index in [1.165, 1.54) is 6.42 Å². The molecule has 2 heterocycles. The van der Waals surface area contributed by atoms with Gasteiger partial charge in [0.1, 0.15) is 12.6 Å². The smallest absolute Gasteiger partial charge is 0.343 e. The van der Waals surface area contributed by atoms with Crippen LogP contribution in [0.4, 0.5) is 0 Å². The van der Waals surface area contributed by atoms with Crippen molar-refractivity contribution in [3.05, 3.63) is 60.2 Å². The molecule has 6 heteroatoms. The number of rotatable bonds is 9. The molecule has 1 saturated carbocycles. The van der Waals surface area contributed by atoms with Gasteiger partial charge in [0.2, 0.25) is 0 Å². The van der Waals surface area contributed by atoms with Crippen molar-refractivity contribution in [3.63, 3.8) is 0 Å². The molecule has 2 aromatic rings. The summed E-state index contributed by atoms with van der Waals surface area (Å²) in [5.74, 6) is -0.559. The summed E-state index contributed by atoms with van der Waals surface area (Å²) in [6.07, 6.45) is 14.4. The number of hydrogen-bond donors (Lipinski definition) is 1. The Morgan fingerprint density at radius 1 is 1.12 bits per heavy atom. The van der Waals surface area contributed by atoms with Crippen molar-refractivity contribution < 1.29 is 19.1 Å². The van der Waals surface area contributed by atoms with Gasteiger partial charge in [-0.3, -0.25) is 9.97 Å². The van der Waals surface area contributed by atoms with Crippen molar-refractivity contribution in [1.29, 1.82) is 0 Å². The molecule has 2 fully saturated rings. The fourth-order valence-electron chi connectivity index (χ4n) is 5.84. The van der Waals surface area contributed by atoms with Gasteiger partial charge in [0.25, 0.3) is 0 Å². The van der Waals surface area contributed by atoms with E-state index in [2.05, 4.69) is 17.0 Å². The Labute approximate surface area is 197 Å². The number of carbonyl (C=O) groups excluding carboxylic acids is 1. The maximum atomic E-state index is 13.4. The second kappa shape index (κ2) is 10.7. The van der Waals surface area contributed by atoms with Crippen LogP contribution in [0, 0.1) is 5.92 Å². The number of carbonyl (C=O) groups is 1. The second-order valence-electron chi connectivity index (χ2n) is 10.1. The van der Waals surface area contributed by atoms with Gasteiger partial charge >= 0.3 is 5.97 Å². The summed E-state index contributed by atoms with van der Waals surface area (Å²) in [6.45, 7) is 2.47. The van der Waals surface area contributed by atoms with Crippen LogP contribution >= 0.6 is 0 Å². The number of aromatic nitrogens is 2. The quantitative estimate of drug-likeness (QED) is 0.459. The topological polar surface area (TPSA) is 72.3 Å². The number of aliphatic hydroxyl groups is 1. The molecule has 0 radical (unpaired) electrons. The first-order valence-electron chi connectivity index (χ1n) is 12.6. The molecule has 1 aromatic heterocycles. The first kappa shape index (κ1) is 23.8. The molecule has 0 spiro atoms. The summed E-state index contributed by atoms with van der Waals surface area (Å²) in [5, 5.41) is 11.8. The van der Waals surface area contributed by atoms with Crippen molar-refractivity contribution in [2.24, 2.45) is 5.92 Å². The molecule has 4 rings (SSSR count). The Morgan fingerprint density at radius 3 is 2.64 bits per heavy atom. The highest BCUT2D eigenvalue weighted by atomic mass is 16.6. The lowest BCUT2D eigenvalue weighted by atomic mass is 9.73. The minimum atomic E-state index is -1.56. The number of esters is 1. The van der Waals surface area contributed by atoms with E-state index in [0.717, 1.165) is 74.6 Å². The lowest BCUT2D eigenvalue weighted by molar-refractivity contribution is -0.921. The third kappa shape index (κ3) is 5.44. The van der Waals surface area contributed by atoms with E-state index in [9.17, 15) is 9.90 Å². The number of likely N-dealkylation sites (N-methyl/N-ethyl adjacent to an activating group) is 1. The molecule has 1 N–H and O–H groups in total. The predicted octanol–water partition coefficient (Wildman–Crippen LogP) is 4.03. The van der Waals surface area contributed by atoms with Crippen LogP contribution in [0.3, 0.4) is 0 Å². The normalized spacial score (nSPS) is 25.5. The fourth-order valence-corrected chi connectivity index (χ4v) is 5.84. The van der Waals surface area contributed by atoms with Gasteiger partial charge in [0.05, 0.1) is 25.8 Å². The number of aryl methyl sites for hydroxylation is 1. The van der Waals surface area contributed by atoms with Gasteiger partial charge in [-0.25, -0.2) is 4.79 Å². The van der Waals surface area contributed by atoms with Gasteiger partial charge in [-0.1, -0.05) is 49.6 Å². The SMILES string of the molecule is C[N+]1(CCCc2cnccn2)CCCC1COC(=O)C(O)(c1ccccc1)C1CCCCC1. The third-order valence-electron chi connectivity index (χ3n) is 7.93. The van der Waals surface area contributed by atoms with Gasteiger partial charge in [-0.15, -0.1) is 0 Å².